The number of hydrogen-bond donors (Lipinski definition) is 5. The quantitative estimate of drug-likeness (QED) is 0.308. The monoisotopic (exact) mass is 412 g/mol. The van der Waals surface area contributed by atoms with Crippen molar-refractivity contribution >= 4 is 35.0 Å². The molecule has 14 heteroatoms. The van der Waals surface area contributed by atoms with Gasteiger partial charge in [-0.25, -0.2) is 14.6 Å². The number of nitrogens with one attached hydrogen (secondary N) is 3. The summed E-state index contributed by atoms with van der Waals surface area (Å²) in [5.41, 5.74) is 5.74. The minimum absolute atomic E-state index is 0.0252. The lowest BCUT2D eigenvalue weighted by Crippen LogP contribution is -2.10. The van der Waals surface area contributed by atoms with Crippen LogP contribution in [0.15, 0.2) is 34.9 Å². The number of aliphatic hydroxyl groups excluding tert-OH is 1. The van der Waals surface area contributed by atoms with Crippen LogP contribution in [0, 0.1) is 0 Å². The molecule has 3 aromatic rings. The summed E-state index contributed by atoms with van der Waals surface area (Å²) >= 11 is 0. The Hall–Kier alpha value is -4.20. The minimum atomic E-state index is -0.736. The van der Waals surface area contributed by atoms with Gasteiger partial charge in [0.25, 0.3) is 11.9 Å². The zero-order valence-corrected chi connectivity index (χ0v) is 16.2. The maximum Gasteiger partial charge on any atom is 0.254 e. The normalized spacial score (nSPS) is 10.9. The van der Waals surface area contributed by atoms with E-state index < -0.39 is 5.91 Å². The Morgan fingerprint density at radius 1 is 1.17 bits per heavy atom. The van der Waals surface area contributed by atoms with Crippen LogP contribution < -0.4 is 21.7 Å². The summed E-state index contributed by atoms with van der Waals surface area (Å²) in [7, 11) is 3.33. The lowest BCUT2D eigenvalue weighted by atomic mass is 10.3. The molecular weight excluding hydrogens is 392 g/mol. The number of nitrogens with zero attached hydrogens (tertiary/aromatic N) is 8. The standard InChI is InChI=1S/C16H20N12O2/c1-18-13-10(14(20-6-7-29)24-15(19-2)23-13)25-26-12-9(11(17)30)8-28(27-12)16-21-4-3-5-22-16/h3-5,8,29H,6-7H2,1-2H3,(H2,17,30)(H3,18,19,20,23,24). The fourth-order valence-electron chi connectivity index (χ4n) is 2.36. The lowest BCUT2D eigenvalue weighted by Gasteiger charge is -2.12. The van der Waals surface area contributed by atoms with E-state index in [0.29, 0.717) is 17.6 Å². The smallest absolute Gasteiger partial charge is 0.254 e. The van der Waals surface area contributed by atoms with Crippen molar-refractivity contribution in [2.75, 3.05) is 43.2 Å². The van der Waals surface area contributed by atoms with E-state index in [1.54, 1.807) is 20.2 Å². The number of amides is 1. The Bertz CT molecular complexity index is 1050. The van der Waals surface area contributed by atoms with Crippen LogP contribution >= 0.6 is 0 Å². The van der Waals surface area contributed by atoms with E-state index in [-0.39, 0.29) is 36.2 Å². The Morgan fingerprint density at radius 2 is 1.90 bits per heavy atom. The molecule has 14 nitrogen and oxygen atoms in total. The number of carbonyl (C=O) groups is 1. The molecule has 1 amide bonds. The summed E-state index contributed by atoms with van der Waals surface area (Å²) in [5.74, 6) is 0.502. The Balaban J connectivity index is 2.04. The summed E-state index contributed by atoms with van der Waals surface area (Å²) < 4.78 is 1.28. The van der Waals surface area contributed by atoms with Crippen LogP contribution in [0.5, 0.6) is 0 Å². The van der Waals surface area contributed by atoms with Gasteiger partial charge in [0.05, 0.1) is 6.61 Å². The van der Waals surface area contributed by atoms with Crippen LogP contribution in [0.3, 0.4) is 0 Å². The maximum atomic E-state index is 11.8. The van der Waals surface area contributed by atoms with Gasteiger partial charge in [0.15, 0.2) is 17.3 Å². The van der Waals surface area contributed by atoms with E-state index in [2.05, 4.69) is 51.2 Å². The van der Waals surface area contributed by atoms with E-state index in [1.807, 2.05) is 0 Å². The molecule has 0 fully saturated rings. The van der Waals surface area contributed by atoms with Crippen molar-refractivity contribution in [1.82, 2.24) is 29.7 Å². The Kier molecular flexibility index (Phi) is 6.39. The largest absolute Gasteiger partial charge is 0.395 e. The highest BCUT2D eigenvalue weighted by Crippen LogP contribution is 2.33. The van der Waals surface area contributed by atoms with E-state index in [1.165, 1.54) is 23.3 Å². The average molecular weight is 412 g/mol. The molecular formula is C16H20N12O2. The molecule has 6 N–H and O–H groups in total. The number of aromatic nitrogens is 6. The number of aliphatic hydroxyl groups is 1. The number of rotatable bonds is 9. The number of azo groups is 1. The van der Waals surface area contributed by atoms with Gasteiger partial charge >= 0.3 is 0 Å². The van der Waals surface area contributed by atoms with Crippen LogP contribution in [0.1, 0.15) is 10.4 Å². The molecule has 0 radical (unpaired) electrons. The van der Waals surface area contributed by atoms with Crippen LogP contribution in [0.25, 0.3) is 5.95 Å². The van der Waals surface area contributed by atoms with Crippen LogP contribution in [0.2, 0.25) is 0 Å². The second-order valence-corrected chi connectivity index (χ2v) is 5.67. The second kappa shape index (κ2) is 9.33. The third kappa shape index (κ3) is 4.44. The summed E-state index contributed by atoms with van der Waals surface area (Å²) in [6.45, 7) is 0.121. The van der Waals surface area contributed by atoms with Crippen molar-refractivity contribution in [3.8, 4) is 5.95 Å². The summed E-state index contributed by atoms with van der Waals surface area (Å²) in [4.78, 5) is 28.5. The summed E-state index contributed by atoms with van der Waals surface area (Å²) in [5, 5.41) is 30.2. The summed E-state index contributed by atoms with van der Waals surface area (Å²) in [6, 6.07) is 1.65. The van der Waals surface area contributed by atoms with Crippen LogP contribution in [-0.2, 0) is 0 Å². The number of carbonyl (C=O) groups excluding carboxylic acids is 1. The third-order valence-electron chi connectivity index (χ3n) is 3.71. The SMILES string of the molecule is CNc1nc(NC)c(N=Nc2nn(-c3ncccn3)cc2C(N)=O)c(NCCO)n1. The highest BCUT2D eigenvalue weighted by molar-refractivity contribution is 5.96. The van der Waals surface area contributed by atoms with E-state index >= 15 is 0 Å². The highest BCUT2D eigenvalue weighted by Gasteiger charge is 2.18. The predicted molar refractivity (Wildman–Crippen MR) is 109 cm³/mol. The van der Waals surface area contributed by atoms with E-state index in [0.717, 1.165) is 0 Å². The molecule has 0 spiro atoms. The molecule has 30 heavy (non-hydrogen) atoms. The van der Waals surface area contributed by atoms with Gasteiger partial charge in [-0.2, -0.15) is 9.97 Å². The molecule has 3 heterocycles. The van der Waals surface area contributed by atoms with Crippen molar-refractivity contribution in [2.45, 2.75) is 0 Å². The molecule has 3 aromatic heterocycles. The molecule has 0 aliphatic carbocycles. The average Bonchev–Trinajstić information content (AvgIpc) is 3.21. The van der Waals surface area contributed by atoms with Gasteiger partial charge in [-0.1, -0.05) is 0 Å². The molecule has 0 bridgehead atoms. The zero-order valence-electron chi connectivity index (χ0n) is 16.2. The van der Waals surface area contributed by atoms with Gasteiger partial charge in [0, 0.05) is 39.2 Å². The number of hydrogen-bond acceptors (Lipinski definition) is 12. The predicted octanol–water partition coefficient (Wildman–Crippen LogP) is 0.454. The molecule has 0 saturated heterocycles. The first-order valence-electron chi connectivity index (χ1n) is 8.78. The highest BCUT2D eigenvalue weighted by atomic mass is 16.3. The molecule has 0 atom stereocenters. The van der Waals surface area contributed by atoms with Crippen molar-refractivity contribution in [1.29, 1.82) is 0 Å². The fourth-order valence-corrected chi connectivity index (χ4v) is 2.36. The molecule has 0 aliphatic heterocycles. The van der Waals surface area contributed by atoms with Crippen molar-refractivity contribution in [3.05, 3.63) is 30.2 Å². The molecule has 0 unspecified atom stereocenters. The number of anilines is 3. The maximum absolute atomic E-state index is 11.8. The fraction of sp³-hybridized carbons (Fsp3) is 0.250. The Labute approximate surface area is 170 Å². The van der Waals surface area contributed by atoms with Gasteiger partial charge in [0.1, 0.15) is 5.56 Å². The topological polar surface area (TPSA) is 194 Å². The minimum Gasteiger partial charge on any atom is -0.395 e. The lowest BCUT2D eigenvalue weighted by molar-refractivity contribution is 0.100. The first kappa shape index (κ1) is 20.5. The van der Waals surface area contributed by atoms with Crippen LogP contribution in [0.4, 0.5) is 29.1 Å². The van der Waals surface area contributed by atoms with Crippen molar-refractivity contribution in [3.63, 3.8) is 0 Å². The van der Waals surface area contributed by atoms with E-state index in [4.69, 9.17) is 10.8 Å². The Morgan fingerprint density at radius 3 is 2.53 bits per heavy atom. The first-order valence-corrected chi connectivity index (χ1v) is 8.78. The van der Waals surface area contributed by atoms with Gasteiger partial charge < -0.3 is 26.8 Å². The van der Waals surface area contributed by atoms with Gasteiger partial charge in [-0.05, 0) is 6.07 Å². The van der Waals surface area contributed by atoms with Crippen molar-refractivity contribution < 1.29 is 9.90 Å². The van der Waals surface area contributed by atoms with Gasteiger partial charge in [-0.3, -0.25) is 4.79 Å². The molecule has 0 aliphatic rings. The van der Waals surface area contributed by atoms with Gasteiger partial charge in [0.2, 0.25) is 11.8 Å². The molecule has 156 valence electrons. The summed E-state index contributed by atoms with van der Waals surface area (Å²) in [6.07, 6.45) is 4.44. The van der Waals surface area contributed by atoms with Crippen molar-refractivity contribution in [2.24, 2.45) is 16.0 Å². The zero-order chi connectivity index (χ0) is 21.5. The first-order chi connectivity index (χ1) is 14.6. The molecule has 3 rings (SSSR count). The van der Waals surface area contributed by atoms with Gasteiger partial charge in [-0.15, -0.1) is 15.3 Å². The van der Waals surface area contributed by atoms with Crippen LogP contribution in [-0.4, -0.2) is 68.0 Å². The second-order valence-electron chi connectivity index (χ2n) is 5.67. The van der Waals surface area contributed by atoms with E-state index in [9.17, 15) is 4.79 Å². The third-order valence-corrected chi connectivity index (χ3v) is 3.71. The number of nitrogens with two attached hydrogens (primary N) is 1. The number of primary amides is 1. The molecule has 0 aromatic carbocycles. The molecule has 0 saturated carbocycles.